The molecule has 0 atom stereocenters. The molecule has 0 radical (unpaired) electrons. The minimum atomic E-state index is -4.61. The number of nitrogen functional groups attached to an aromatic ring is 1. The normalized spacial score (nSPS) is 11.4. The van der Waals surface area contributed by atoms with Crippen molar-refractivity contribution in [2.45, 2.75) is 12.6 Å². The van der Waals surface area contributed by atoms with Crippen molar-refractivity contribution in [1.29, 1.82) is 0 Å². The maximum atomic E-state index is 13.4. The van der Waals surface area contributed by atoms with Crippen LogP contribution in [0.25, 0.3) is 0 Å². The summed E-state index contributed by atoms with van der Waals surface area (Å²) in [5, 5.41) is 3.90. The van der Waals surface area contributed by atoms with Gasteiger partial charge in [0.1, 0.15) is 5.82 Å². The zero-order valence-electron chi connectivity index (χ0n) is 10.4. The molecule has 0 aliphatic carbocycles. The van der Waals surface area contributed by atoms with Gasteiger partial charge in [0, 0.05) is 5.38 Å². The summed E-state index contributed by atoms with van der Waals surface area (Å²) in [6.07, 6.45) is -4.82. The fourth-order valence-electron chi connectivity index (χ4n) is 1.56. The second kappa shape index (κ2) is 5.68. The first kappa shape index (κ1) is 15.2. The van der Waals surface area contributed by atoms with Crippen molar-refractivity contribution in [3.8, 4) is 0 Å². The van der Waals surface area contributed by atoms with Crippen molar-refractivity contribution < 1.29 is 22.4 Å². The van der Waals surface area contributed by atoms with E-state index in [0.717, 1.165) is 11.3 Å². The van der Waals surface area contributed by atoms with Gasteiger partial charge < -0.3 is 11.1 Å². The lowest BCUT2D eigenvalue weighted by atomic mass is 10.2. The van der Waals surface area contributed by atoms with Gasteiger partial charge in [0.2, 0.25) is 5.91 Å². The number of anilines is 2. The van der Waals surface area contributed by atoms with E-state index >= 15 is 0 Å². The van der Waals surface area contributed by atoms with Crippen molar-refractivity contribution in [3.05, 3.63) is 40.7 Å². The highest BCUT2D eigenvalue weighted by molar-refractivity contribution is 7.13. The van der Waals surface area contributed by atoms with Gasteiger partial charge in [-0.15, -0.1) is 11.3 Å². The van der Waals surface area contributed by atoms with Gasteiger partial charge in [-0.2, -0.15) is 13.2 Å². The Bertz CT molecular complexity index is 669. The van der Waals surface area contributed by atoms with Gasteiger partial charge in [-0.3, -0.25) is 4.79 Å². The Labute approximate surface area is 120 Å². The van der Waals surface area contributed by atoms with Crippen LogP contribution in [0.4, 0.5) is 28.4 Å². The van der Waals surface area contributed by atoms with Crippen molar-refractivity contribution in [3.63, 3.8) is 0 Å². The van der Waals surface area contributed by atoms with E-state index in [0.29, 0.717) is 23.9 Å². The summed E-state index contributed by atoms with van der Waals surface area (Å²) in [6.45, 7) is 0. The quantitative estimate of drug-likeness (QED) is 0.854. The van der Waals surface area contributed by atoms with Gasteiger partial charge in [0.25, 0.3) is 0 Å². The fourth-order valence-corrected chi connectivity index (χ4v) is 2.12. The summed E-state index contributed by atoms with van der Waals surface area (Å²) >= 11 is 1.13. The van der Waals surface area contributed by atoms with Crippen LogP contribution in [-0.2, 0) is 17.4 Å². The molecule has 9 heteroatoms. The fraction of sp³-hybridized carbons (Fsp3) is 0.167. The third-order valence-electron chi connectivity index (χ3n) is 2.48. The van der Waals surface area contributed by atoms with Crippen molar-refractivity contribution >= 4 is 28.1 Å². The van der Waals surface area contributed by atoms with Gasteiger partial charge in [0.15, 0.2) is 5.13 Å². The summed E-state index contributed by atoms with van der Waals surface area (Å²) in [6, 6.07) is 1.80. The van der Waals surface area contributed by atoms with E-state index < -0.39 is 29.2 Å². The predicted octanol–water partition coefficient (Wildman–Crippen LogP) is 3.06. The maximum absolute atomic E-state index is 13.4. The molecule has 0 unspecified atom stereocenters. The Balaban J connectivity index is 2.13. The molecule has 0 saturated heterocycles. The maximum Gasteiger partial charge on any atom is 0.416 e. The molecule has 1 heterocycles. The molecular weight excluding hydrogens is 310 g/mol. The van der Waals surface area contributed by atoms with Crippen LogP contribution in [0.3, 0.4) is 0 Å². The van der Waals surface area contributed by atoms with Crippen LogP contribution in [-0.4, -0.2) is 10.9 Å². The van der Waals surface area contributed by atoms with E-state index in [1.165, 1.54) is 5.38 Å². The first-order valence-electron chi connectivity index (χ1n) is 5.62. The lowest BCUT2D eigenvalue weighted by Gasteiger charge is -2.10. The molecule has 21 heavy (non-hydrogen) atoms. The highest BCUT2D eigenvalue weighted by Gasteiger charge is 2.31. The van der Waals surface area contributed by atoms with Gasteiger partial charge in [-0.1, -0.05) is 0 Å². The highest BCUT2D eigenvalue weighted by Crippen LogP contribution is 2.31. The summed E-state index contributed by atoms with van der Waals surface area (Å²) in [5.41, 5.74) is 4.18. The Kier molecular flexibility index (Phi) is 4.12. The van der Waals surface area contributed by atoms with E-state index in [1.807, 2.05) is 0 Å². The van der Waals surface area contributed by atoms with Crippen LogP contribution >= 0.6 is 11.3 Å². The number of nitrogens with zero attached hydrogens (tertiary/aromatic N) is 1. The average Bonchev–Trinajstić information content (AvgIpc) is 2.76. The molecule has 0 aliphatic rings. The Hall–Kier alpha value is -2.16. The van der Waals surface area contributed by atoms with Gasteiger partial charge in [-0.05, 0) is 18.2 Å². The van der Waals surface area contributed by atoms with E-state index in [1.54, 1.807) is 0 Å². The number of nitrogens with one attached hydrogen (secondary N) is 1. The molecule has 0 spiro atoms. The van der Waals surface area contributed by atoms with E-state index in [9.17, 15) is 22.4 Å². The second-order valence-corrected chi connectivity index (χ2v) is 4.98. The van der Waals surface area contributed by atoms with Crippen molar-refractivity contribution in [2.24, 2.45) is 0 Å². The van der Waals surface area contributed by atoms with E-state index in [4.69, 9.17) is 5.73 Å². The van der Waals surface area contributed by atoms with Crippen LogP contribution in [0.1, 0.15) is 11.3 Å². The molecule has 4 nitrogen and oxygen atoms in total. The van der Waals surface area contributed by atoms with Gasteiger partial charge >= 0.3 is 6.18 Å². The molecule has 112 valence electrons. The number of hydrogen-bond acceptors (Lipinski definition) is 4. The van der Waals surface area contributed by atoms with Gasteiger partial charge in [0.05, 0.1) is 23.4 Å². The van der Waals surface area contributed by atoms with Crippen molar-refractivity contribution in [1.82, 2.24) is 4.98 Å². The number of halogens is 4. The molecule has 0 aliphatic heterocycles. The molecular formula is C12H9F4N3OS. The summed E-state index contributed by atoms with van der Waals surface area (Å²) < 4.78 is 51.0. The topological polar surface area (TPSA) is 68.0 Å². The summed E-state index contributed by atoms with van der Waals surface area (Å²) in [4.78, 5) is 15.5. The van der Waals surface area contributed by atoms with Crippen LogP contribution in [0.2, 0.25) is 0 Å². The van der Waals surface area contributed by atoms with E-state index in [2.05, 4.69) is 10.3 Å². The molecule has 1 aromatic heterocycles. The number of alkyl halides is 3. The SMILES string of the molecule is Nc1nc(CC(=O)Nc2cc(C(F)(F)F)ccc2F)cs1. The average molecular weight is 319 g/mol. The smallest absolute Gasteiger partial charge is 0.375 e. The lowest BCUT2D eigenvalue weighted by molar-refractivity contribution is -0.137. The lowest BCUT2D eigenvalue weighted by Crippen LogP contribution is -2.16. The van der Waals surface area contributed by atoms with Crippen molar-refractivity contribution in [2.75, 3.05) is 11.1 Å². The molecule has 0 bridgehead atoms. The third-order valence-corrected chi connectivity index (χ3v) is 3.20. The molecule has 0 fully saturated rings. The predicted molar refractivity (Wildman–Crippen MR) is 70.3 cm³/mol. The largest absolute Gasteiger partial charge is 0.416 e. The molecule has 1 amide bonds. The molecule has 2 rings (SSSR count). The van der Waals surface area contributed by atoms with Crippen LogP contribution in [0.15, 0.2) is 23.6 Å². The van der Waals surface area contributed by atoms with Crippen LogP contribution in [0, 0.1) is 5.82 Å². The van der Waals surface area contributed by atoms with E-state index in [-0.39, 0.29) is 11.6 Å². The zero-order valence-corrected chi connectivity index (χ0v) is 11.2. The zero-order chi connectivity index (χ0) is 15.6. The monoisotopic (exact) mass is 319 g/mol. The summed E-state index contributed by atoms with van der Waals surface area (Å²) in [5.74, 6) is -1.63. The Morgan fingerprint density at radius 1 is 1.38 bits per heavy atom. The summed E-state index contributed by atoms with van der Waals surface area (Å²) in [7, 11) is 0. The number of nitrogens with two attached hydrogens (primary N) is 1. The number of benzene rings is 1. The number of hydrogen-bond donors (Lipinski definition) is 2. The molecule has 1 aromatic carbocycles. The highest BCUT2D eigenvalue weighted by atomic mass is 32.1. The third kappa shape index (κ3) is 3.91. The van der Waals surface area contributed by atoms with Gasteiger partial charge in [-0.25, -0.2) is 9.37 Å². The molecule has 2 aromatic rings. The number of rotatable bonds is 3. The minimum Gasteiger partial charge on any atom is -0.375 e. The second-order valence-electron chi connectivity index (χ2n) is 4.09. The molecule has 0 saturated carbocycles. The molecule has 3 N–H and O–H groups in total. The standard InChI is InChI=1S/C12H9F4N3OS/c13-8-2-1-6(12(14,15)16)3-9(8)19-10(20)4-7-5-21-11(17)18-7/h1-3,5H,4H2,(H2,17,18)(H,19,20). The number of aromatic nitrogens is 1. The first-order valence-corrected chi connectivity index (χ1v) is 6.50. The number of thiazole rings is 1. The van der Waals surface area contributed by atoms with Crippen LogP contribution in [0.5, 0.6) is 0 Å². The first-order chi connectivity index (χ1) is 9.75. The van der Waals surface area contributed by atoms with Crippen LogP contribution < -0.4 is 11.1 Å². The minimum absolute atomic E-state index is 0.205. The number of carbonyl (C=O) groups excluding carboxylic acids is 1. The Morgan fingerprint density at radius 2 is 2.10 bits per heavy atom. The number of amides is 1. The number of carbonyl (C=O) groups is 1. The Morgan fingerprint density at radius 3 is 2.67 bits per heavy atom.